The van der Waals surface area contributed by atoms with E-state index in [-0.39, 0.29) is 31.4 Å². The number of nitrogens with two attached hydrogens (primary N) is 1. The molecule has 0 aliphatic rings. The van der Waals surface area contributed by atoms with Crippen LogP contribution in [0, 0.1) is 6.92 Å². The monoisotopic (exact) mass is 431 g/mol. The van der Waals surface area contributed by atoms with E-state index in [1.54, 1.807) is 13.0 Å². The molecule has 0 saturated heterocycles. The topological polar surface area (TPSA) is 55.5 Å². The highest BCUT2D eigenvalue weighted by atomic mass is 35.5. The summed E-state index contributed by atoms with van der Waals surface area (Å²) in [7, 11) is 0. The van der Waals surface area contributed by atoms with Gasteiger partial charge in [-0.25, -0.2) is 0 Å². The molecule has 0 spiro atoms. The maximum absolute atomic E-state index is 13.4. The maximum Gasteiger partial charge on any atom is 0.419 e. The highest BCUT2D eigenvalue weighted by Gasteiger charge is 2.34. The fourth-order valence-corrected chi connectivity index (χ4v) is 2.92. The quantitative estimate of drug-likeness (QED) is 0.544. The Hall–Kier alpha value is -1.76. The molecule has 0 aliphatic heterocycles. The molecule has 0 fully saturated rings. The number of hydrogen-bond acceptors (Lipinski definition) is 3. The summed E-state index contributed by atoms with van der Waals surface area (Å²) in [5.41, 5.74) is 7.08. The van der Waals surface area contributed by atoms with Crippen molar-refractivity contribution in [3.05, 3.63) is 64.7 Å². The van der Waals surface area contributed by atoms with Crippen molar-refractivity contribution in [1.29, 1.82) is 0 Å². The van der Waals surface area contributed by atoms with Crippen molar-refractivity contribution in [2.24, 2.45) is 5.73 Å². The van der Waals surface area contributed by atoms with Crippen LogP contribution in [-0.4, -0.2) is 23.9 Å². The van der Waals surface area contributed by atoms with Crippen LogP contribution in [0.15, 0.2) is 42.5 Å². The molecule has 0 bridgehead atoms. The van der Waals surface area contributed by atoms with Crippen molar-refractivity contribution in [3.8, 4) is 5.75 Å². The fraction of sp³-hybridized carbons (Fsp3) is 0.455. The van der Waals surface area contributed by atoms with Crippen molar-refractivity contribution in [2.75, 3.05) is 13.2 Å². The van der Waals surface area contributed by atoms with E-state index in [1.807, 2.05) is 25.1 Å². The van der Waals surface area contributed by atoms with E-state index in [1.165, 1.54) is 6.07 Å². The van der Waals surface area contributed by atoms with Gasteiger partial charge in [-0.1, -0.05) is 35.9 Å². The van der Waals surface area contributed by atoms with Crippen LogP contribution in [0.3, 0.4) is 0 Å². The second kappa shape index (κ2) is 10.9. The van der Waals surface area contributed by atoms with Crippen LogP contribution in [-0.2, 0) is 19.0 Å². The van der Waals surface area contributed by atoms with Crippen molar-refractivity contribution in [3.63, 3.8) is 0 Å². The van der Waals surface area contributed by atoms with Gasteiger partial charge >= 0.3 is 6.18 Å². The van der Waals surface area contributed by atoms with Crippen LogP contribution in [0.2, 0.25) is 0 Å². The molecule has 2 aromatic rings. The number of aryl methyl sites for hydroxylation is 3. The van der Waals surface area contributed by atoms with Crippen LogP contribution < -0.4 is 10.5 Å². The highest BCUT2D eigenvalue weighted by molar-refractivity contribution is 5.85. The van der Waals surface area contributed by atoms with E-state index in [0.29, 0.717) is 24.8 Å². The summed E-state index contributed by atoms with van der Waals surface area (Å²) in [5.74, 6) is -0.154. The van der Waals surface area contributed by atoms with Crippen LogP contribution >= 0.6 is 12.4 Å². The zero-order valence-electron chi connectivity index (χ0n) is 16.8. The number of hydrogen-bond donors (Lipinski definition) is 2. The standard InChI is InChI=1S/C22H28F3NO2.ClH/c1-16-5-3-6-17(13-16)7-4-12-28-20-9-8-18(10-11-21(2,26)15-27)14-19(20)22(23,24)25;/h3,5-6,8-9,13-14,27H,4,7,10-12,15,26H2,1-2H3;1H. The average Bonchev–Trinajstić information content (AvgIpc) is 2.63. The first-order chi connectivity index (χ1) is 13.1. The SMILES string of the molecule is Cc1cccc(CCCOc2ccc(CCC(C)(N)CO)cc2C(F)(F)F)c1.Cl. The lowest BCUT2D eigenvalue weighted by atomic mass is 9.94. The molecule has 1 unspecified atom stereocenters. The van der Waals surface area contributed by atoms with Crippen LogP contribution in [0.1, 0.15) is 42.0 Å². The lowest BCUT2D eigenvalue weighted by molar-refractivity contribution is -0.139. The predicted molar refractivity (Wildman–Crippen MR) is 112 cm³/mol. The van der Waals surface area contributed by atoms with Gasteiger partial charge in [0.1, 0.15) is 5.75 Å². The van der Waals surface area contributed by atoms with Crippen LogP contribution in [0.5, 0.6) is 5.75 Å². The van der Waals surface area contributed by atoms with Gasteiger partial charge < -0.3 is 15.6 Å². The summed E-state index contributed by atoms with van der Waals surface area (Å²) in [6, 6.07) is 12.1. The minimum absolute atomic E-state index is 0. The first-order valence-corrected chi connectivity index (χ1v) is 9.39. The fourth-order valence-electron chi connectivity index (χ4n) is 2.92. The smallest absolute Gasteiger partial charge is 0.419 e. The van der Waals surface area contributed by atoms with E-state index in [4.69, 9.17) is 10.5 Å². The molecule has 0 saturated carbocycles. The zero-order valence-corrected chi connectivity index (χ0v) is 17.6. The zero-order chi connectivity index (χ0) is 20.8. The number of alkyl halides is 3. The normalized spacial score (nSPS) is 13.5. The van der Waals surface area contributed by atoms with Gasteiger partial charge in [0.15, 0.2) is 0 Å². The minimum atomic E-state index is -4.50. The molecule has 2 rings (SSSR count). The molecule has 29 heavy (non-hydrogen) atoms. The number of ether oxygens (including phenoxy) is 1. The third kappa shape index (κ3) is 8.25. The van der Waals surface area contributed by atoms with Crippen molar-refractivity contribution in [2.45, 2.75) is 51.2 Å². The summed E-state index contributed by atoms with van der Waals surface area (Å²) < 4.78 is 45.8. The Balaban J connectivity index is 0.00000420. The van der Waals surface area contributed by atoms with Gasteiger partial charge in [0, 0.05) is 5.54 Å². The molecule has 3 nitrogen and oxygen atoms in total. The Morgan fingerprint density at radius 2 is 1.72 bits per heavy atom. The molecular formula is C22H29ClF3NO2. The minimum Gasteiger partial charge on any atom is -0.493 e. The molecule has 0 heterocycles. The first-order valence-electron chi connectivity index (χ1n) is 9.39. The summed E-state index contributed by atoms with van der Waals surface area (Å²) >= 11 is 0. The summed E-state index contributed by atoms with van der Waals surface area (Å²) in [5, 5.41) is 9.19. The Morgan fingerprint density at radius 1 is 1.03 bits per heavy atom. The lowest BCUT2D eigenvalue weighted by Crippen LogP contribution is -2.40. The molecule has 0 aliphatic carbocycles. The molecule has 1 atom stereocenters. The third-order valence-corrected chi connectivity index (χ3v) is 4.65. The summed E-state index contributed by atoms with van der Waals surface area (Å²) in [6.45, 7) is 3.66. The second-order valence-corrected chi connectivity index (χ2v) is 7.58. The lowest BCUT2D eigenvalue weighted by Gasteiger charge is -2.22. The van der Waals surface area contributed by atoms with E-state index in [0.717, 1.165) is 23.6 Å². The van der Waals surface area contributed by atoms with Crippen LogP contribution in [0.4, 0.5) is 13.2 Å². The second-order valence-electron chi connectivity index (χ2n) is 7.58. The summed E-state index contributed by atoms with van der Waals surface area (Å²) in [4.78, 5) is 0. The van der Waals surface area contributed by atoms with Gasteiger partial charge in [0.05, 0.1) is 18.8 Å². The molecular weight excluding hydrogens is 403 g/mol. The van der Waals surface area contributed by atoms with Gasteiger partial charge in [0.25, 0.3) is 0 Å². The Kier molecular flexibility index (Phi) is 9.46. The van der Waals surface area contributed by atoms with E-state index in [9.17, 15) is 18.3 Å². The molecule has 0 amide bonds. The third-order valence-electron chi connectivity index (χ3n) is 4.65. The van der Waals surface area contributed by atoms with Gasteiger partial charge in [-0.15, -0.1) is 12.4 Å². The van der Waals surface area contributed by atoms with Crippen molar-refractivity contribution < 1.29 is 23.0 Å². The van der Waals surface area contributed by atoms with Crippen molar-refractivity contribution in [1.82, 2.24) is 0 Å². The van der Waals surface area contributed by atoms with Gasteiger partial charge in [-0.2, -0.15) is 13.2 Å². The van der Waals surface area contributed by atoms with E-state index >= 15 is 0 Å². The molecule has 3 N–H and O–H groups in total. The number of benzene rings is 2. The average molecular weight is 432 g/mol. The summed E-state index contributed by atoms with van der Waals surface area (Å²) in [6.07, 6.45) is -2.38. The van der Waals surface area contributed by atoms with E-state index < -0.39 is 17.3 Å². The van der Waals surface area contributed by atoms with Crippen LogP contribution in [0.25, 0.3) is 0 Å². The Labute approximate surface area is 176 Å². The molecule has 7 heteroatoms. The maximum atomic E-state index is 13.4. The number of rotatable bonds is 9. The molecule has 2 aromatic carbocycles. The van der Waals surface area contributed by atoms with Gasteiger partial charge in [-0.3, -0.25) is 0 Å². The number of aliphatic hydroxyl groups excluding tert-OH is 1. The van der Waals surface area contributed by atoms with Crippen molar-refractivity contribution >= 4 is 12.4 Å². The Morgan fingerprint density at radius 3 is 2.34 bits per heavy atom. The number of aliphatic hydroxyl groups is 1. The van der Waals surface area contributed by atoms with Gasteiger partial charge in [0.2, 0.25) is 0 Å². The molecule has 162 valence electrons. The molecule has 0 aromatic heterocycles. The first kappa shape index (κ1) is 25.3. The van der Waals surface area contributed by atoms with E-state index in [2.05, 4.69) is 6.07 Å². The largest absolute Gasteiger partial charge is 0.493 e. The predicted octanol–water partition coefficient (Wildman–Crippen LogP) is 5.09. The molecule has 0 radical (unpaired) electrons. The van der Waals surface area contributed by atoms with Gasteiger partial charge in [-0.05, 0) is 62.8 Å². The highest BCUT2D eigenvalue weighted by Crippen LogP contribution is 2.37. The Bertz CT molecular complexity index is 779. The number of halogens is 4.